The zero-order valence-electron chi connectivity index (χ0n) is 11.6. The Morgan fingerprint density at radius 3 is 2.65 bits per heavy atom. The van der Waals surface area contributed by atoms with Crippen molar-refractivity contribution in [1.29, 1.82) is 0 Å². The minimum atomic E-state index is -4.09. The summed E-state index contributed by atoms with van der Waals surface area (Å²) >= 11 is 0. The van der Waals surface area contributed by atoms with Gasteiger partial charge in [0.15, 0.2) is 0 Å². The van der Waals surface area contributed by atoms with Crippen molar-refractivity contribution in [1.82, 2.24) is 10.6 Å². The van der Waals surface area contributed by atoms with Crippen LogP contribution in [-0.2, 0) is 4.79 Å². The number of fused-ring (bicyclic) bond motifs is 1. The first-order valence-corrected chi connectivity index (χ1v) is 7.56. The van der Waals surface area contributed by atoms with E-state index in [2.05, 4.69) is 10.6 Å². The first-order chi connectivity index (χ1) is 9.46. The molecule has 1 aliphatic heterocycles. The van der Waals surface area contributed by atoms with Crippen LogP contribution in [0.5, 0.6) is 0 Å². The lowest BCUT2D eigenvalue weighted by molar-refractivity contribution is -0.135. The molecule has 0 bridgehead atoms. The standard InChI is InChI=1S/C14H23F3N2O/c15-14(16,17)7-3-4-8-18-13(20)12-9-10-5-1-2-6-11(10)19-12/h10-12,19H,1-9H2,(H,18,20). The molecule has 2 N–H and O–H groups in total. The van der Waals surface area contributed by atoms with Gasteiger partial charge in [0.25, 0.3) is 0 Å². The van der Waals surface area contributed by atoms with E-state index >= 15 is 0 Å². The van der Waals surface area contributed by atoms with Gasteiger partial charge in [-0.1, -0.05) is 12.8 Å². The predicted molar refractivity (Wildman–Crippen MR) is 70.2 cm³/mol. The van der Waals surface area contributed by atoms with Crippen molar-refractivity contribution in [3.63, 3.8) is 0 Å². The van der Waals surface area contributed by atoms with Gasteiger partial charge in [-0.15, -0.1) is 0 Å². The van der Waals surface area contributed by atoms with E-state index < -0.39 is 12.6 Å². The fourth-order valence-corrected chi connectivity index (χ4v) is 3.31. The number of alkyl halides is 3. The van der Waals surface area contributed by atoms with E-state index in [-0.39, 0.29) is 18.4 Å². The smallest absolute Gasteiger partial charge is 0.355 e. The maximum atomic E-state index is 12.0. The van der Waals surface area contributed by atoms with Gasteiger partial charge in [-0.25, -0.2) is 0 Å². The molecule has 1 saturated heterocycles. The molecule has 3 nitrogen and oxygen atoms in total. The summed E-state index contributed by atoms with van der Waals surface area (Å²) in [6.07, 6.45) is 1.26. The second-order valence-corrected chi connectivity index (χ2v) is 5.97. The van der Waals surface area contributed by atoms with Gasteiger partial charge in [-0.05, 0) is 38.0 Å². The number of rotatable bonds is 5. The first kappa shape index (κ1) is 15.6. The van der Waals surface area contributed by atoms with Crippen molar-refractivity contribution >= 4 is 5.91 Å². The van der Waals surface area contributed by atoms with E-state index in [0.717, 1.165) is 12.8 Å². The summed E-state index contributed by atoms with van der Waals surface area (Å²) in [4.78, 5) is 12.0. The van der Waals surface area contributed by atoms with Crippen LogP contribution in [0.3, 0.4) is 0 Å². The third-order valence-electron chi connectivity index (χ3n) is 4.37. The Hall–Kier alpha value is -0.780. The van der Waals surface area contributed by atoms with Crippen LogP contribution in [0.4, 0.5) is 13.2 Å². The van der Waals surface area contributed by atoms with Crippen molar-refractivity contribution in [2.45, 2.75) is 69.6 Å². The second-order valence-electron chi connectivity index (χ2n) is 5.97. The molecule has 6 heteroatoms. The van der Waals surface area contributed by atoms with E-state index in [1.54, 1.807) is 0 Å². The van der Waals surface area contributed by atoms with Gasteiger partial charge in [0.2, 0.25) is 5.91 Å². The SMILES string of the molecule is O=C(NCCCCC(F)(F)F)C1CC2CCCCC2N1. The first-order valence-electron chi connectivity index (χ1n) is 7.56. The number of carbonyl (C=O) groups excluding carboxylic acids is 1. The molecule has 0 aromatic carbocycles. The van der Waals surface area contributed by atoms with E-state index in [1.165, 1.54) is 19.3 Å². The lowest BCUT2D eigenvalue weighted by Crippen LogP contribution is -2.43. The predicted octanol–water partition coefficient (Wildman–Crippen LogP) is 2.76. The monoisotopic (exact) mass is 292 g/mol. The van der Waals surface area contributed by atoms with Crippen molar-refractivity contribution in [2.24, 2.45) is 5.92 Å². The topological polar surface area (TPSA) is 41.1 Å². The number of hydrogen-bond acceptors (Lipinski definition) is 2. The fraction of sp³-hybridized carbons (Fsp3) is 0.929. The zero-order chi connectivity index (χ0) is 14.6. The maximum absolute atomic E-state index is 12.0. The third-order valence-corrected chi connectivity index (χ3v) is 4.37. The molecule has 1 saturated carbocycles. The number of nitrogens with one attached hydrogen (secondary N) is 2. The summed E-state index contributed by atoms with van der Waals surface area (Å²) < 4.78 is 35.9. The van der Waals surface area contributed by atoms with Crippen molar-refractivity contribution < 1.29 is 18.0 Å². The molecule has 1 heterocycles. The highest BCUT2D eigenvalue weighted by atomic mass is 19.4. The Balaban J connectivity index is 1.61. The van der Waals surface area contributed by atoms with Gasteiger partial charge in [0.1, 0.15) is 0 Å². The molecule has 0 aromatic heterocycles. The van der Waals surface area contributed by atoms with Crippen LogP contribution in [0, 0.1) is 5.92 Å². The molecule has 2 rings (SSSR count). The molecule has 116 valence electrons. The zero-order valence-corrected chi connectivity index (χ0v) is 11.6. The molecular weight excluding hydrogens is 269 g/mol. The molecule has 1 amide bonds. The molecule has 1 aliphatic carbocycles. The van der Waals surface area contributed by atoms with E-state index in [9.17, 15) is 18.0 Å². The highest BCUT2D eigenvalue weighted by molar-refractivity contribution is 5.82. The van der Waals surface area contributed by atoms with Crippen LogP contribution in [0.1, 0.15) is 51.4 Å². The van der Waals surface area contributed by atoms with E-state index in [0.29, 0.717) is 24.9 Å². The minimum absolute atomic E-state index is 0.0496. The average Bonchev–Trinajstić information content (AvgIpc) is 2.80. The Labute approximate surface area is 117 Å². The summed E-state index contributed by atoms with van der Waals surface area (Å²) in [6, 6.07) is 0.315. The number of carbonyl (C=O) groups is 1. The van der Waals surface area contributed by atoms with Crippen LogP contribution < -0.4 is 10.6 Å². The third kappa shape index (κ3) is 4.65. The molecule has 0 radical (unpaired) electrons. The van der Waals surface area contributed by atoms with Crippen molar-refractivity contribution in [3.8, 4) is 0 Å². The Kier molecular flexibility index (Phi) is 5.29. The average molecular weight is 292 g/mol. The fourth-order valence-electron chi connectivity index (χ4n) is 3.31. The number of halogens is 3. The Morgan fingerprint density at radius 1 is 1.20 bits per heavy atom. The van der Waals surface area contributed by atoms with Gasteiger partial charge >= 0.3 is 6.18 Å². The molecule has 0 spiro atoms. The van der Waals surface area contributed by atoms with E-state index in [4.69, 9.17) is 0 Å². The quantitative estimate of drug-likeness (QED) is 0.765. The van der Waals surface area contributed by atoms with Gasteiger partial charge in [0, 0.05) is 19.0 Å². The van der Waals surface area contributed by atoms with Gasteiger partial charge in [-0.3, -0.25) is 4.79 Å². The molecule has 2 aliphatic rings. The summed E-state index contributed by atoms with van der Waals surface area (Å²) in [5.41, 5.74) is 0. The summed E-state index contributed by atoms with van der Waals surface area (Å²) in [5.74, 6) is 0.552. The molecule has 3 unspecified atom stereocenters. The highest BCUT2D eigenvalue weighted by Crippen LogP contribution is 2.33. The van der Waals surface area contributed by atoms with E-state index in [1.807, 2.05) is 0 Å². The normalized spacial score (nSPS) is 30.1. The number of amides is 1. The molecule has 2 fully saturated rings. The summed E-state index contributed by atoms with van der Waals surface area (Å²) in [6.45, 7) is 0.336. The molecule has 0 aromatic rings. The van der Waals surface area contributed by atoms with Gasteiger partial charge in [0.05, 0.1) is 6.04 Å². The minimum Gasteiger partial charge on any atom is -0.355 e. The van der Waals surface area contributed by atoms with Gasteiger partial charge in [-0.2, -0.15) is 13.2 Å². The highest BCUT2D eigenvalue weighted by Gasteiger charge is 2.37. The second kappa shape index (κ2) is 6.78. The molecule has 20 heavy (non-hydrogen) atoms. The Bertz CT molecular complexity index is 319. The maximum Gasteiger partial charge on any atom is 0.389 e. The lowest BCUT2D eigenvalue weighted by atomic mass is 9.85. The lowest BCUT2D eigenvalue weighted by Gasteiger charge is -2.24. The van der Waals surface area contributed by atoms with Crippen molar-refractivity contribution in [3.05, 3.63) is 0 Å². The number of unbranched alkanes of at least 4 members (excludes halogenated alkanes) is 1. The van der Waals surface area contributed by atoms with Crippen molar-refractivity contribution in [2.75, 3.05) is 6.54 Å². The van der Waals surface area contributed by atoms with Crippen LogP contribution in [-0.4, -0.2) is 30.7 Å². The summed E-state index contributed by atoms with van der Waals surface area (Å²) in [5, 5.41) is 6.12. The largest absolute Gasteiger partial charge is 0.389 e. The molecule has 3 atom stereocenters. The Morgan fingerprint density at radius 2 is 1.95 bits per heavy atom. The van der Waals surface area contributed by atoms with Crippen LogP contribution in [0.15, 0.2) is 0 Å². The van der Waals surface area contributed by atoms with Crippen LogP contribution in [0.2, 0.25) is 0 Å². The summed E-state index contributed by atoms with van der Waals surface area (Å²) in [7, 11) is 0. The van der Waals surface area contributed by atoms with Crippen LogP contribution >= 0.6 is 0 Å². The van der Waals surface area contributed by atoms with Crippen LogP contribution in [0.25, 0.3) is 0 Å². The van der Waals surface area contributed by atoms with Gasteiger partial charge < -0.3 is 10.6 Å². The molecular formula is C14H23F3N2O. The number of hydrogen-bond donors (Lipinski definition) is 2.